The summed E-state index contributed by atoms with van der Waals surface area (Å²) in [5.74, 6) is 1.67. The number of thiazole rings is 1. The van der Waals surface area contributed by atoms with Crippen molar-refractivity contribution in [1.82, 2.24) is 4.98 Å². The second kappa shape index (κ2) is 7.74. The van der Waals surface area contributed by atoms with Crippen LogP contribution in [0.25, 0.3) is 22.4 Å². The Kier molecular flexibility index (Phi) is 4.99. The van der Waals surface area contributed by atoms with Gasteiger partial charge in [0.2, 0.25) is 0 Å². The Morgan fingerprint density at radius 3 is 2.89 bits per heavy atom. The summed E-state index contributed by atoms with van der Waals surface area (Å²) < 4.78 is 16.6. The molecule has 7 heteroatoms. The minimum absolute atomic E-state index is 0.274. The predicted molar refractivity (Wildman–Crippen MR) is 109 cm³/mol. The van der Waals surface area contributed by atoms with E-state index in [0.29, 0.717) is 34.5 Å². The average Bonchev–Trinajstić information content (AvgIpc) is 3.34. The molecule has 0 atom stereocenters. The maximum absolute atomic E-state index is 12.5. The first-order chi connectivity index (χ1) is 13.7. The zero-order valence-corrected chi connectivity index (χ0v) is 16.2. The molecule has 28 heavy (non-hydrogen) atoms. The van der Waals surface area contributed by atoms with Crippen molar-refractivity contribution in [1.29, 1.82) is 0 Å². The Bertz CT molecular complexity index is 1130. The van der Waals surface area contributed by atoms with Gasteiger partial charge in [-0.2, -0.15) is 0 Å². The quantitative estimate of drug-likeness (QED) is 0.486. The summed E-state index contributed by atoms with van der Waals surface area (Å²) in [7, 11) is 1.53. The third kappa shape index (κ3) is 3.57. The van der Waals surface area contributed by atoms with Gasteiger partial charge in [0.1, 0.15) is 22.8 Å². The minimum atomic E-state index is -0.274. The molecular formula is C21H18N2O4S. The van der Waals surface area contributed by atoms with Crippen molar-refractivity contribution in [3.63, 3.8) is 0 Å². The molecule has 142 valence electrons. The number of para-hydroxylation sites is 1. The number of amides is 1. The Morgan fingerprint density at radius 1 is 1.21 bits per heavy atom. The fraction of sp³-hybridized carbons (Fsp3) is 0.143. The monoisotopic (exact) mass is 394 g/mol. The van der Waals surface area contributed by atoms with E-state index >= 15 is 0 Å². The van der Waals surface area contributed by atoms with Crippen LogP contribution < -0.4 is 14.8 Å². The highest BCUT2D eigenvalue weighted by atomic mass is 32.1. The minimum Gasteiger partial charge on any atom is -0.496 e. The molecule has 1 N–H and O–H groups in total. The Labute approximate surface area is 165 Å². The number of ether oxygens (including phenoxy) is 2. The zero-order valence-electron chi connectivity index (χ0n) is 15.4. The SMILES string of the molecule is CCOc1ccc2oc(-c3csc(NC(=O)c4ccccc4OC)n3)cc2c1. The summed E-state index contributed by atoms with van der Waals surface area (Å²) in [5.41, 5.74) is 1.87. The van der Waals surface area contributed by atoms with Crippen molar-refractivity contribution in [2.24, 2.45) is 0 Å². The predicted octanol–water partition coefficient (Wildman–Crippen LogP) is 5.22. The lowest BCUT2D eigenvalue weighted by molar-refractivity contribution is 0.102. The number of nitrogens with one attached hydrogen (secondary N) is 1. The van der Waals surface area contributed by atoms with E-state index in [1.807, 2.05) is 42.6 Å². The number of hydrogen-bond acceptors (Lipinski definition) is 6. The molecular weight excluding hydrogens is 376 g/mol. The van der Waals surface area contributed by atoms with Gasteiger partial charge in [-0.05, 0) is 43.3 Å². The fourth-order valence-electron chi connectivity index (χ4n) is 2.85. The van der Waals surface area contributed by atoms with Crippen LogP contribution in [0.2, 0.25) is 0 Å². The maximum atomic E-state index is 12.5. The molecule has 0 aliphatic heterocycles. The molecule has 4 rings (SSSR count). The van der Waals surface area contributed by atoms with E-state index < -0.39 is 0 Å². The first-order valence-electron chi connectivity index (χ1n) is 8.74. The number of benzene rings is 2. The number of rotatable bonds is 6. The van der Waals surface area contributed by atoms with E-state index in [1.165, 1.54) is 18.4 Å². The van der Waals surface area contributed by atoms with E-state index in [-0.39, 0.29) is 5.91 Å². The highest BCUT2D eigenvalue weighted by Crippen LogP contribution is 2.32. The van der Waals surface area contributed by atoms with Gasteiger partial charge in [0.05, 0.1) is 19.3 Å². The Balaban J connectivity index is 1.56. The molecule has 0 saturated heterocycles. The summed E-state index contributed by atoms with van der Waals surface area (Å²) in [6.07, 6.45) is 0. The molecule has 0 bridgehead atoms. The number of fused-ring (bicyclic) bond motifs is 1. The second-order valence-corrected chi connectivity index (χ2v) is 6.79. The van der Waals surface area contributed by atoms with Crippen LogP contribution in [0.15, 0.2) is 58.3 Å². The van der Waals surface area contributed by atoms with E-state index in [4.69, 9.17) is 13.9 Å². The van der Waals surface area contributed by atoms with Crippen LogP contribution in [-0.4, -0.2) is 24.6 Å². The van der Waals surface area contributed by atoms with Gasteiger partial charge in [-0.25, -0.2) is 4.98 Å². The molecule has 0 aliphatic carbocycles. The van der Waals surface area contributed by atoms with E-state index in [1.54, 1.807) is 18.2 Å². The number of hydrogen-bond donors (Lipinski definition) is 1. The number of anilines is 1. The third-order valence-corrected chi connectivity index (χ3v) is 4.89. The van der Waals surface area contributed by atoms with E-state index in [0.717, 1.165) is 16.7 Å². The van der Waals surface area contributed by atoms with E-state index in [2.05, 4.69) is 10.3 Å². The van der Waals surface area contributed by atoms with Gasteiger partial charge in [0.25, 0.3) is 5.91 Å². The summed E-state index contributed by atoms with van der Waals surface area (Å²) in [5, 5.41) is 6.08. The summed E-state index contributed by atoms with van der Waals surface area (Å²) in [4.78, 5) is 17.0. The smallest absolute Gasteiger partial charge is 0.261 e. The average molecular weight is 394 g/mol. The molecule has 2 aromatic carbocycles. The molecule has 0 radical (unpaired) electrons. The van der Waals surface area contributed by atoms with E-state index in [9.17, 15) is 4.79 Å². The lowest BCUT2D eigenvalue weighted by atomic mass is 10.2. The van der Waals surface area contributed by atoms with Crippen molar-refractivity contribution in [2.45, 2.75) is 6.92 Å². The lowest BCUT2D eigenvalue weighted by Gasteiger charge is -2.06. The van der Waals surface area contributed by atoms with Gasteiger partial charge in [-0.15, -0.1) is 11.3 Å². The molecule has 2 aromatic heterocycles. The highest BCUT2D eigenvalue weighted by Gasteiger charge is 2.15. The topological polar surface area (TPSA) is 73.6 Å². The van der Waals surface area contributed by atoms with Crippen molar-refractivity contribution >= 4 is 33.3 Å². The number of furan rings is 1. The van der Waals surface area contributed by atoms with Crippen LogP contribution in [0.1, 0.15) is 17.3 Å². The van der Waals surface area contributed by atoms with Crippen molar-refractivity contribution in [3.8, 4) is 23.0 Å². The van der Waals surface area contributed by atoms with Crippen LogP contribution in [-0.2, 0) is 0 Å². The van der Waals surface area contributed by atoms with Gasteiger partial charge in [0, 0.05) is 10.8 Å². The number of carbonyl (C=O) groups excluding carboxylic acids is 1. The van der Waals surface area contributed by atoms with Crippen LogP contribution in [0.5, 0.6) is 11.5 Å². The molecule has 0 fully saturated rings. The molecule has 0 spiro atoms. The lowest BCUT2D eigenvalue weighted by Crippen LogP contribution is -2.12. The molecule has 2 heterocycles. The largest absolute Gasteiger partial charge is 0.496 e. The van der Waals surface area contributed by atoms with Crippen LogP contribution in [0.4, 0.5) is 5.13 Å². The molecule has 0 saturated carbocycles. The summed E-state index contributed by atoms with van der Waals surface area (Å²) in [6.45, 7) is 2.55. The van der Waals surface area contributed by atoms with Crippen LogP contribution >= 0.6 is 11.3 Å². The van der Waals surface area contributed by atoms with Gasteiger partial charge < -0.3 is 13.9 Å². The third-order valence-electron chi connectivity index (χ3n) is 4.13. The molecule has 0 unspecified atom stereocenters. The first-order valence-corrected chi connectivity index (χ1v) is 9.62. The van der Waals surface area contributed by atoms with Gasteiger partial charge in [-0.3, -0.25) is 10.1 Å². The van der Waals surface area contributed by atoms with Crippen molar-refractivity contribution in [2.75, 3.05) is 19.0 Å². The first kappa shape index (κ1) is 18.1. The Morgan fingerprint density at radius 2 is 2.07 bits per heavy atom. The van der Waals surface area contributed by atoms with Gasteiger partial charge >= 0.3 is 0 Å². The molecule has 0 aliphatic rings. The van der Waals surface area contributed by atoms with Crippen LogP contribution in [0.3, 0.4) is 0 Å². The number of aromatic nitrogens is 1. The van der Waals surface area contributed by atoms with Gasteiger partial charge in [-0.1, -0.05) is 12.1 Å². The zero-order chi connectivity index (χ0) is 19.5. The van der Waals surface area contributed by atoms with Crippen molar-refractivity contribution in [3.05, 3.63) is 59.5 Å². The summed E-state index contributed by atoms with van der Waals surface area (Å²) in [6, 6.07) is 14.7. The van der Waals surface area contributed by atoms with Crippen LogP contribution in [0, 0.1) is 0 Å². The standard InChI is InChI=1S/C21H18N2O4S/c1-3-26-14-8-9-17-13(10-14)11-19(27-17)16-12-28-21(22-16)23-20(24)15-6-4-5-7-18(15)25-2/h4-12H,3H2,1-2H3,(H,22,23,24). The number of methoxy groups -OCH3 is 1. The number of carbonyl (C=O) groups is 1. The summed E-state index contributed by atoms with van der Waals surface area (Å²) >= 11 is 1.33. The van der Waals surface area contributed by atoms with Gasteiger partial charge in [0.15, 0.2) is 10.9 Å². The number of nitrogens with zero attached hydrogens (tertiary/aromatic N) is 1. The molecule has 6 nitrogen and oxygen atoms in total. The van der Waals surface area contributed by atoms with Crippen molar-refractivity contribution < 1.29 is 18.7 Å². The second-order valence-electron chi connectivity index (χ2n) is 5.94. The normalized spacial score (nSPS) is 10.8. The fourth-order valence-corrected chi connectivity index (χ4v) is 3.54. The molecule has 1 amide bonds. The molecule has 4 aromatic rings. The Hall–Kier alpha value is -3.32. The maximum Gasteiger partial charge on any atom is 0.261 e. The highest BCUT2D eigenvalue weighted by molar-refractivity contribution is 7.14.